The average Bonchev–Trinajstić information content (AvgIpc) is 2.98. The average molecular weight is 293 g/mol. The Hall–Kier alpha value is -1.56. The molecule has 1 fully saturated rings. The molecule has 0 aromatic carbocycles. The normalized spacial score (nSPS) is 16.9. The molecule has 1 aromatic rings. The first-order valence-electron chi connectivity index (χ1n) is 7.90. The summed E-state index contributed by atoms with van der Waals surface area (Å²) in [5.41, 5.74) is 6.55. The lowest BCUT2D eigenvalue weighted by Gasteiger charge is -2.21. The Morgan fingerprint density at radius 1 is 1.38 bits per heavy atom. The van der Waals surface area contributed by atoms with E-state index in [1.165, 1.54) is 32.3 Å². The molecule has 0 saturated carbocycles. The van der Waals surface area contributed by atoms with Gasteiger partial charge in [0.25, 0.3) is 0 Å². The number of hydrogen-bond acceptors (Lipinski definition) is 6. The Balaban J connectivity index is 1.84. The summed E-state index contributed by atoms with van der Waals surface area (Å²) in [5, 5.41) is 3.32. The van der Waals surface area contributed by atoms with Crippen molar-refractivity contribution in [3.8, 4) is 5.88 Å². The van der Waals surface area contributed by atoms with Crippen molar-refractivity contribution in [2.75, 3.05) is 43.8 Å². The van der Waals surface area contributed by atoms with Gasteiger partial charge in [-0.2, -0.15) is 4.98 Å². The highest BCUT2D eigenvalue weighted by atomic mass is 16.5. The topological polar surface area (TPSA) is 76.3 Å². The number of rotatable bonds is 8. The van der Waals surface area contributed by atoms with Crippen molar-refractivity contribution in [2.45, 2.75) is 33.1 Å². The van der Waals surface area contributed by atoms with Crippen LogP contribution in [-0.2, 0) is 0 Å². The van der Waals surface area contributed by atoms with E-state index in [4.69, 9.17) is 10.5 Å². The van der Waals surface area contributed by atoms with E-state index in [-0.39, 0.29) is 0 Å². The smallest absolute Gasteiger partial charge is 0.242 e. The van der Waals surface area contributed by atoms with Gasteiger partial charge in [-0.15, -0.1) is 0 Å². The van der Waals surface area contributed by atoms with E-state index in [0.29, 0.717) is 29.9 Å². The number of anilines is 2. The van der Waals surface area contributed by atoms with Gasteiger partial charge in [0.05, 0.1) is 6.61 Å². The van der Waals surface area contributed by atoms with Crippen molar-refractivity contribution in [3.63, 3.8) is 0 Å². The molecule has 2 rings (SSSR count). The van der Waals surface area contributed by atoms with Crippen molar-refractivity contribution in [1.82, 2.24) is 14.9 Å². The van der Waals surface area contributed by atoms with E-state index in [2.05, 4.69) is 34.0 Å². The minimum atomic E-state index is 0.474. The number of nitrogens with one attached hydrogen (secondary N) is 1. The molecule has 2 heterocycles. The van der Waals surface area contributed by atoms with Crippen LogP contribution in [0.3, 0.4) is 0 Å². The van der Waals surface area contributed by atoms with E-state index in [1.807, 2.05) is 0 Å². The summed E-state index contributed by atoms with van der Waals surface area (Å²) < 4.78 is 5.52. The van der Waals surface area contributed by atoms with Crippen LogP contribution in [0, 0.1) is 5.92 Å². The summed E-state index contributed by atoms with van der Waals surface area (Å²) >= 11 is 0. The third-order valence-electron chi connectivity index (χ3n) is 3.68. The van der Waals surface area contributed by atoms with Crippen molar-refractivity contribution >= 4 is 11.5 Å². The number of hydrogen-bond donors (Lipinski definition) is 2. The zero-order valence-corrected chi connectivity index (χ0v) is 13.1. The maximum atomic E-state index is 6.05. The van der Waals surface area contributed by atoms with Gasteiger partial charge in [-0.3, -0.25) is 0 Å². The molecule has 1 aliphatic rings. The first-order valence-corrected chi connectivity index (χ1v) is 7.90. The SMILES string of the molecule is CCCOc1ncnc(NCC(C)CN2CCCC2)c1N. The maximum Gasteiger partial charge on any atom is 0.242 e. The van der Waals surface area contributed by atoms with Crippen LogP contribution in [0.2, 0.25) is 0 Å². The standard InChI is InChI=1S/C15H27N5O/c1-3-8-21-15-13(16)14(18-11-19-15)17-9-12(2)10-20-6-4-5-7-20/h11-12H,3-10,16H2,1-2H3,(H,17,18,19). The minimum Gasteiger partial charge on any atom is -0.476 e. The molecule has 1 atom stereocenters. The third-order valence-corrected chi connectivity index (χ3v) is 3.68. The van der Waals surface area contributed by atoms with Crippen LogP contribution in [-0.4, -0.2) is 47.7 Å². The molecule has 6 nitrogen and oxygen atoms in total. The predicted molar refractivity (Wildman–Crippen MR) is 85.6 cm³/mol. The molecule has 0 bridgehead atoms. The molecule has 0 amide bonds. The van der Waals surface area contributed by atoms with E-state index in [9.17, 15) is 0 Å². The van der Waals surface area contributed by atoms with Gasteiger partial charge in [-0.1, -0.05) is 13.8 Å². The Labute approximate surface area is 127 Å². The number of nitrogen functional groups attached to an aromatic ring is 1. The fourth-order valence-corrected chi connectivity index (χ4v) is 2.58. The van der Waals surface area contributed by atoms with Crippen LogP contribution in [0.15, 0.2) is 6.33 Å². The zero-order chi connectivity index (χ0) is 15.1. The molecule has 1 aliphatic heterocycles. The zero-order valence-electron chi connectivity index (χ0n) is 13.1. The number of ether oxygens (including phenoxy) is 1. The maximum absolute atomic E-state index is 6.05. The first kappa shape index (κ1) is 15.8. The van der Waals surface area contributed by atoms with Crippen LogP contribution in [0.25, 0.3) is 0 Å². The second-order valence-electron chi connectivity index (χ2n) is 5.78. The van der Waals surface area contributed by atoms with E-state index >= 15 is 0 Å². The monoisotopic (exact) mass is 293 g/mol. The van der Waals surface area contributed by atoms with Gasteiger partial charge in [0.2, 0.25) is 5.88 Å². The Bertz CT molecular complexity index is 434. The molecule has 1 unspecified atom stereocenters. The summed E-state index contributed by atoms with van der Waals surface area (Å²) in [5.74, 6) is 1.70. The van der Waals surface area contributed by atoms with Gasteiger partial charge < -0.3 is 20.7 Å². The van der Waals surface area contributed by atoms with Gasteiger partial charge in [0, 0.05) is 13.1 Å². The Morgan fingerprint density at radius 2 is 2.14 bits per heavy atom. The van der Waals surface area contributed by atoms with Gasteiger partial charge in [0.1, 0.15) is 12.0 Å². The lowest BCUT2D eigenvalue weighted by Crippen LogP contribution is -2.29. The minimum absolute atomic E-state index is 0.474. The fourth-order valence-electron chi connectivity index (χ4n) is 2.58. The largest absolute Gasteiger partial charge is 0.476 e. The molecule has 0 aliphatic carbocycles. The van der Waals surface area contributed by atoms with E-state index in [1.54, 1.807) is 0 Å². The van der Waals surface area contributed by atoms with Crippen molar-refractivity contribution in [2.24, 2.45) is 5.92 Å². The summed E-state index contributed by atoms with van der Waals surface area (Å²) in [6.45, 7) is 9.35. The summed E-state index contributed by atoms with van der Waals surface area (Å²) in [4.78, 5) is 10.8. The van der Waals surface area contributed by atoms with Crippen molar-refractivity contribution < 1.29 is 4.74 Å². The third kappa shape index (κ3) is 4.74. The molecule has 1 saturated heterocycles. The number of nitrogens with zero attached hydrogens (tertiary/aromatic N) is 3. The molecular formula is C15H27N5O. The molecule has 0 spiro atoms. The molecule has 21 heavy (non-hydrogen) atoms. The quantitative estimate of drug-likeness (QED) is 0.763. The van der Waals surface area contributed by atoms with Crippen LogP contribution in [0.4, 0.5) is 11.5 Å². The first-order chi connectivity index (χ1) is 10.2. The van der Waals surface area contributed by atoms with E-state index < -0.39 is 0 Å². The Morgan fingerprint density at radius 3 is 2.86 bits per heavy atom. The molecule has 3 N–H and O–H groups in total. The highest BCUT2D eigenvalue weighted by Crippen LogP contribution is 2.24. The second kappa shape index (κ2) is 8.02. The summed E-state index contributed by atoms with van der Waals surface area (Å²) in [6, 6.07) is 0. The van der Waals surface area contributed by atoms with Gasteiger partial charge in [-0.05, 0) is 38.3 Å². The molecular weight excluding hydrogens is 266 g/mol. The fraction of sp³-hybridized carbons (Fsp3) is 0.733. The van der Waals surface area contributed by atoms with E-state index in [0.717, 1.165) is 19.5 Å². The highest BCUT2D eigenvalue weighted by molar-refractivity contribution is 5.66. The Kier molecular flexibility index (Phi) is 6.04. The van der Waals surface area contributed by atoms with Gasteiger partial charge in [-0.25, -0.2) is 4.98 Å². The molecule has 118 valence electrons. The van der Waals surface area contributed by atoms with Crippen LogP contribution in [0.1, 0.15) is 33.1 Å². The van der Waals surface area contributed by atoms with Crippen LogP contribution < -0.4 is 15.8 Å². The van der Waals surface area contributed by atoms with Crippen LogP contribution >= 0.6 is 0 Å². The van der Waals surface area contributed by atoms with Crippen molar-refractivity contribution in [3.05, 3.63) is 6.33 Å². The van der Waals surface area contributed by atoms with Gasteiger partial charge >= 0.3 is 0 Å². The van der Waals surface area contributed by atoms with Crippen LogP contribution in [0.5, 0.6) is 5.88 Å². The lowest BCUT2D eigenvalue weighted by molar-refractivity contribution is 0.294. The predicted octanol–water partition coefficient (Wildman–Crippen LogP) is 1.99. The second-order valence-corrected chi connectivity index (χ2v) is 5.78. The molecule has 6 heteroatoms. The van der Waals surface area contributed by atoms with Crippen molar-refractivity contribution in [1.29, 1.82) is 0 Å². The summed E-state index contributed by atoms with van der Waals surface area (Å²) in [7, 11) is 0. The highest BCUT2D eigenvalue weighted by Gasteiger charge is 2.15. The summed E-state index contributed by atoms with van der Waals surface area (Å²) in [6.07, 6.45) is 5.09. The van der Waals surface area contributed by atoms with Gasteiger partial charge in [0.15, 0.2) is 5.82 Å². The molecule has 1 aromatic heterocycles. The lowest BCUT2D eigenvalue weighted by atomic mass is 10.1. The number of nitrogens with two attached hydrogens (primary N) is 1. The molecule has 0 radical (unpaired) electrons. The number of aromatic nitrogens is 2. The number of likely N-dealkylation sites (tertiary alicyclic amines) is 1.